The van der Waals surface area contributed by atoms with Crippen LogP contribution >= 0.6 is 15.9 Å². The molecule has 60 valence electrons. The average Bonchev–Trinajstić information content (AvgIpc) is 1.78. The molecule has 0 spiro atoms. The van der Waals surface area contributed by atoms with Gasteiger partial charge in [-0.15, -0.1) is 0 Å². The molecule has 0 aromatic rings. The highest BCUT2D eigenvalue weighted by molar-refractivity contribution is 9.09. The smallest absolute Gasteiger partial charge is 0.00880 e. The number of alkyl halides is 1. The summed E-state index contributed by atoms with van der Waals surface area (Å²) in [6.45, 7) is 4.64. The van der Waals surface area contributed by atoms with Gasteiger partial charge in [-0.05, 0) is 30.6 Å². The van der Waals surface area contributed by atoms with Crippen LogP contribution in [0.25, 0.3) is 0 Å². The van der Waals surface area contributed by atoms with Crippen molar-refractivity contribution in [1.29, 1.82) is 0 Å². The fraction of sp³-hybridized carbons (Fsp3) is 1.00. The molecule has 0 aromatic heterocycles. The van der Waals surface area contributed by atoms with Gasteiger partial charge in [0.2, 0.25) is 0 Å². The Hall–Kier alpha value is 0.480. The van der Waals surface area contributed by atoms with Gasteiger partial charge in [-0.25, -0.2) is 0 Å². The van der Waals surface area contributed by atoms with E-state index in [9.17, 15) is 0 Å². The fourth-order valence-electron chi connectivity index (χ4n) is 1.94. The van der Waals surface area contributed by atoms with Crippen LogP contribution in [-0.4, -0.2) is 5.33 Å². The predicted octanol–water partition coefficient (Wildman–Crippen LogP) is 3.60. The standard InChI is InChI=1S/C9H17Br/c1-8(2)6-9(7-10)4-3-5-9/h8H,3-7H2,1-2H3. The summed E-state index contributed by atoms with van der Waals surface area (Å²) in [5, 5.41) is 1.22. The highest BCUT2D eigenvalue weighted by Gasteiger charge is 2.35. The van der Waals surface area contributed by atoms with Crippen LogP contribution in [0.2, 0.25) is 0 Å². The molecule has 10 heavy (non-hydrogen) atoms. The lowest BCUT2D eigenvalue weighted by Gasteiger charge is -2.42. The molecular weight excluding hydrogens is 188 g/mol. The van der Waals surface area contributed by atoms with Gasteiger partial charge in [-0.1, -0.05) is 36.2 Å². The van der Waals surface area contributed by atoms with Crippen LogP contribution in [0, 0.1) is 11.3 Å². The van der Waals surface area contributed by atoms with Gasteiger partial charge in [-0.2, -0.15) is 0 Å². The van der Waals surface area contributed by atoms with Crippen molar-refractivity contribution in [3.63, 3.8) is 0 Å². The Kier molecular flexibility index (Phi) is 2.79. The van der Waals surface area contributed by atoms with E-state index in [0.29, 0.717) is 5.41 Å². The first kappa shape index (κ1) is 8.58. The van der Waals surface area contributed by atoms with Gasteiger partial charge in [0.25, 0.3) is 0 Å². The van der Waals surface area contributed by atoms with Crippen LogP contribution in [0.3, 0.4) is 0 Å². The van der Waals surface area contributed by atoms with Crippen LogP contribution in [0.4, 0.5) is 0 Å². The first-order valence-electron chi connectivity index (χ1n) is 4.24. The minimum atomic E-state index is 0.703. The summed E-state index contributed by atoms with van der Waals surface area (Å²) in [7, 11) is 0. The summed E-state index contributed by atoms with van der Waals surface area (Å²) < 4.78 is 0. The van der Waals surface area contributed by atoms with Gasteiger partial charge in [0, 0.05) is 5.33 Å². The summed E-state index contributed by atoms with van der Waals surface area (Å²) in [5.41, 5.74) is 0.703. The molecule has 0 heterocycles. The van der Waals surface area contributed by atoms with Crippen LogP contribution in [-0.2, 0) is 0 Å². The van der Waals surface area contributed by atoms with Crippen LogP contribution in [0.15, 0.2) is 0 Å². The minimum absolute atomic E-state index is 0.703. The zero-order valence-corrected chi connectivity index (χ0v) is 8.58. The van der Waals surface area contributed by atoms with Crippen molar-refractivity contribution in [2.24, 2.45) is 11.3 Å². The molecule has 1 heteroatoms. The minimum Gasteiger partial charge on any atom is -0.0922 e. The zero-order valence-electron chi connectivity index (χ0n) is 6.99. The molecule has 0 amide bonds. The Morgan fingerprint density at radius 2 is 2.00 bits per heavy atom. The normalized spacial score (nSPS) is 22.8. The molecule has 0 atom stereocenters. The van der Waals surface area contributed by atoms with Gasteiger partial charge >= 0.3 is 0 Å². The fourth-order valence-corrected chi connectivity index (χ4v) is 2.72. The third-order valence-electron chi connectivity index (χ3n) is 2.54. The van der Waals surface area contributed by atoms with E-state index < -0.39 is 0 Å². The molecule has 0 aliphatic heterocycles. The SMILES string of the molecule is CC(C)CC1(CBr)CCC1. The van der Waals surface area contributed by atoms with Crippen molar-refractivity contribution in [1.82, 2.24) is 0 Å². The van der Waals surface area contributed by atoms with E-state index in [1.54, 1.807) is 0 Å². The van der Waals surface area contributed by atoms with Crippen molar-refractivity contribution in [3.8, 4) is 0 Å². The van der Waals surface area contributed by atoms with Crippen LogP contribution in [0.5, 0.6) is 0 Å². The maximum atomic E-state index is 3.61. The summed E-state index contributed by atoms with van der Waals surface area (Å²) >= 11 is 3.61. The maximum Gasteiger partial charge on any atom is 0.00880 e. The molecule has 1 rings (SSSR count). The number of rotatable bonds is 3. The summed E-state index contributed by atoms with van der Waals surface area (Å²) in [4.78, 5) is 0. The highest BCUT2D eigenvalue weighted by atomic mass is 79.9. The number of hydrogen-bond donors (Lipinski definition) is 0. The van der Waals surface area contributed by atoms with Gasteiger partial charge in [0.1, 0.15) is 0 Å². The first-order chi connectivity index (χ1) is 4.68. The average molecular weight is 205 g/mol. The Labute approximate surface area is 72.5 Å². The molecule has 0 unspecified atom stereocenters. The number of halogens is 1. The molecule has 0 bridgehead atoms. The van der Waals surface area contributed by atoms with E-state index in [0.717, 1.165) is 5.92 Å². The van der Waals surface area contributed by atoms with Crippen molar-refractivity contribution in [2.75, 3.05) is 5.33 Å². The van der Waals surface area contributed by atoms with E-state index in [2.05, 4.69) is 29.8 Å². The maximum absolute atomic E-state index is 3.61. The predicted molar refractivity (Wildman–Crippen MR) is 49.5 cm³/mol. The molecule has 0 saturated heterocycles. The summed E-state index contributed by atoms with van der Waals surface area (Å²) in [6.07, 6.45) is 5.78. The largest absolute Gasteiger partial charge is 0.0922 e. The Bertz CT molecular complexity index is 97.8. The van der Waals surface area contributed by atoms with E-state index in [-0.39, 0.29) is 0 Å². The Balaban J connectivity index is 2.33. The second kappa shape index (κ2) is 3.25. The second-order valence-corrected chi connectivity index (χ2v) is 4.65. The molecule has 0 nitrogen and oxygen atoms in total. The second-order valence-electron chi connectivity index (χ2n) is 4.09. The number of hydrogen-bond acceptors (Lipinski definition) is 0. The topological polar surface area (TPSA) is 0 Å². The van der Waals surface area contributed by atoms with E-state index >= 15 is 0 Å². The molecule has 0 N–H and O–H groups in total. The quantitative estimate of drug-likeness (QED) is 0.617. The molecule has 0 aromatic carbocycles. The molecule has 1 aliphatic carbocycles. The summed E-state index contributed by atoms with van der Waals surface area (Å²) in [6, 6.07) is 0. The molecular formula is C9H17Br. The van der Waals surface area contributed by atoms with Crippen LogP contribution < -0.4 is 0 Å². The first-order valence-corrected chi connectivity index (χ1v) is 5.37. The molecule has 1 saturated carbocycles. The van der Waals surface area contributed by atoms with E-state index in [4.69, 9.17) is 0 Å². The van der Waals surface area contributed by atoms with Gasteiger partial charge < -0.3 is 0 Å². The monoisotopic (exact) mass is 204 g/mol. The van der Waals surface area contributed by atoms with Crippen molar-refractivity contribution in [3.05, 3.63) is 0 Å². The van der Waals surface area contributed by atoms with Crippen molar-refractivity contribution < 1.29 is 0 Å². The van der Waals surface area contributed by atoms with E-state index in [1.165, 1.54) is 31.0 Å². The molecule has 1 fully saturated rings. The van der Waals surface area contributed by atoms with Crippen molar-refractivity contribution >= 4 is 15.9 Å². The van der Waals surface area contributed by atoms with Crippen molar-refractivity contribution in [2.45, 2.75) is 39.5 Å². The lowest BCUT2D eigenvalue weighted by Crippen LogP contribution is -2.32. The van der Waals surface area contributed by atoms with Gasteiger partial charge in [0.15, 0.2) is 0 Å². The van der Waals surface area contributed by atoms with E-state index in [1.807, 2.05) is 0 Å². The summed E-state index contributed by atoms with van der Waals surface area (Å²) in [5.74, 6) is 0.873. The Morgan fingerprint density at radius 1 is 1.40 bits per heavy atom. The van der Waals surface area contributed by atoms with Crippen LogP contribution in [0.1, 0.15) is 39.5 Å². The van der Waals surface area contributed by atoms with Gasteiger partial charge in [0.05, 0.1) is 0 Å². The lowest BCUT2D eigenvalue weighted by molar-refractivity contribution is 0.133. The lowest BCUT2D eigenvalue weighted by atomic mass is 9.66. The third kappa shape index (κ3) is 1.75. The van der Waals surface area contributed by atoms with Gasteiger partial charge in [-0.3, -0.25) is 0 Å². The highest BCUT2D eigenvalue weighted by Crippen LogP contribution is 2.46. The zero-order chi connectivity index (χ0) is 7.61. The molecule has 1 aliphatic rings. The third-order valence-corrected chi connectivity index (χ3v) is 3.73. The molecule has 0 radical (unpaired) electrons. The Morgan fingerprint density at radius 3 is 2.10 bits per heavy atom.